The normalized spacial score (nSPS) is 11.6. The van der Waals surface area contributed by atoms with Gasteiger partial charge >= 0.3 is 6.04 Å². The van der Waals surface area contributed by atoms with Gasteiger partial charge in [-0.15, -0.1) is 0 Å². The predicted octanol–water partition coefficient (Wildman–Crippen LogP) is 3.25. The SMILES string of the molecule is CC(C)(F)c1nn(CC(=O)F)cc1-c1ccccc1. The molecule has 0 saturated heterocycles. The van der Waals surface area contributed by atoms with Crippen molar-refractivity contribution in [1.29, 1.82) is 0 Å². The third kappa shape index (κ3) is 3.05. The quantitative estimate of drug-likeness (QED) is 0.794. The zero-order chi connectivity index (χ0) is 14.0. The van der Waals surface area contributed by atoms with Crippen LogP contribution in [0.3, 0.4) is 0 Å². The second kappa shape index (κ2) is 4.91. The average Bonchev–Trinajstić information content (AvgIpc) is 2.73. The number of carbonyl (C=O) groups excluding carboxylic acids is 1. The van der Waals surface area contributed by atoms with Gasteiger partial charge in [0.15, 0.2) is 0 Å². The summed E-state index contributed by atoms with van der Waals surface area (Å²) < 4.78 is 27.7. The third-order valence-corrected chi connectivity index (χ3v) is 2.70. The van der Waals surface area contributed by atoms with Crippen molar-refractivity contribution in [3.63, 3.8) is 0 Å². The lowest BCUT2D eigenvalue weighted by atomic mass is 9.98. The van der Waals surface area contributed by atoms with Gasteiger partial charge in [-0.25, -0.2) is 4.39 Å². The molecule has 0 bridgehead atoms. The Kier molecular flexibility index (Phi) is 3.46. The highest BCUT2D eigenvalue weighted by Crippen LogP contribution is 2.33. The Morgan fingerprint density at radius 1 is 1.32 bits per heavy atom. The molecule has 0 fully saturated rings. The minimum atomic E-state index is -1.67. The van der Waals surface area contributed by atoms with Gasteiger partial charge in [0.25, 0.3) is 0 Å². The number of rotatable bonds is 4. The highest BCUT2D eigenvalue weighted by atomic mass is 19.1. The van der Waals surface area contributed by atoms with Gasteiger partial charge in [-0.1, -0.05) is 30.3 Å². The lowest BCUT2D eigenvalue weighted by Crippen LogP contribution is -2.13. The second-order valence-electron chi connectivity index (χ2n) is 4.78. The van der Waals surface area contributed by atoms with Crippen LogP contribution < -0.4 is 0 Å². The molecule has 0 aliphatic rings. The molecule has 0 unspecified atom stereocenters. The monoisotopic (exact) mass is 264 g/mol. The highest BCUT2D eigenvalue weighted by molar-refractivity contribution is 5.69. The Labute approximate surface area is 109 Å². The number of benzene rings is 1. The topological polar surface area (TPSA) is 34.9 Å². The van der Waals surface area contributed by atoms with Crippen LogP contribution in [-0.2, 0) is 17.0 Å². The Hall–Kier alpha value is -2.04. The maximum absolute atomic E-state index is 14.2. The van der Waals surface area contributed by atoms with Gasteiger partial charge < -0.3 is 0 Å². The fourth-order valence-electron chi connectivity index (χ4n) is 1.90. The van der Waals surface area contributed by atoms with E-state index in [9.17, 15) is 13.6 Å². The van der Waals surface area contributed by atoms with Gasteiger partial charge in [0, 0.05) is 11.8 Å². The smallest absolute Gasteiger partial charge is 0.261 e. The van der Waals surface area contributed by atoms with Gasteiger partial charge in [-0.3, -0.25) is 9.48 Å². The molecule has 0 radical (unpaired) electrons. The van der Waals surface area contributed by atoms with E-state index in [1.165, 1.54) is 20.0 Å². The van der Waals surface area contributed by atoms with E-state index in [1.807, 2.05) is 30.3 Å². The van der Waals surface area contributed by atoms with Crippen LogP contribution in [-0.4, -0.2) is 15.8 Å². The molecule has 0 saturated carbocycles. The zero-order valence-corrected chi connectivity index (χ0v) is 10.7. The highest BCUT2D eigenvalue weighted by Gasteiger charge is 2.27. The van der Waals surface area contributed by atoms with Crippen molar-refractivity contribution >= 4 is 6.04 Å². The average molecular weight is 264 g/mol. The molecule has 0 aliphatic heterocycles. The summed E-state index contributed by atoms with van der Waals surface area (Å²) in [5, 5.41) is 3.98. The van der Waals surface area contributed by atoms with E-state index >= 15 is 0 Å². The van der Waals surface area contributed by atoms with Gasteiger partial charge in [0.05, 0.1) is 0 Å². The fraction of sp³-hybridized carbons (Fsp3) is 0.286. The van der Waals surface area contributed by atoms with Crippen molar-refractivity contribution in [2.24, 2.45) is 0 Å². The molecule has 1 aromatic carbocycles. The summed E-state index contributed by atoms with van der Waals surface area (Å²) >= 11 is 0. The molecule has 0 amide bonds. The van der Waals surface area contributed by atoms with E-state index in [0.717, 1.165) is 10.2 Å². The first kappa shape index (κ1) is 13.4. The molecular weight excluding hydrogens is 250 g/mol. The van der Waals surface area contributed by atoms with Crippen LogP contribution in [0.5, 0.6) is 0 Å². The first-order chi connectivity index (χ1) is 8.88. The van der Waals surface area contributed by atoms with Crippen LogP contribution in [0.1, 0.15) is 19.5 Å². The lowest BCUT2D eigenvalue weighted by Gasteiger charge is -2.13. The van der Waals surface area contributed by atoms with Crippen LogP contribution in [0.15, 0.2) is 36.5 Å². The molecule has 0 spiro atoms. The number of halogens is 2. The maximum Gasteiger partial charge on any atom is 0.322 e. The second-order valence-corrected chi connectivity index (χ2v) is 4.78. The van der Waals surface area contributed by atoms with Crippen LogP contribution in [0.4, 0.5) is 8.78 Å². The first-order valence-electron chi connectivity index (χ1n) is 5.88. The molecule has 19 heavy (non-hydrogen) atoms. The number of alkyl halides is 1. The Balaban J connectivity index is 2.52. The lowest BCUT2D eigenvalue weighted by molar-refractivity contribution is -0.130. The maximum atomic E-state index is 14.2. The number of carbonyl (C=O) groups is 1. The molecule has 2 rings (SSSR count). The summed E-state index contributed by atoms with van der Waals surface area (Å²) in [7, 11) is 0. The largest absolute Gasteiger partial charge is 0.322 e. The van der Waals surface area contributed by atoms with Crippen molar-refractivity contribution in [2.45, 2.75) is 26.1 Å². The van der Waals surface area contributed by atoms with Gasteiger partial charge in [0.1, 0.15) is 17.9 Å². The Morgan fingerprint density at radius 2 is 1.95 bits per heavy atom. The number of hydrogen-bond donors (Lipinski definition) is 0. The third-order valence-electron chi connectivity index (χ3n) is 2.70. The van der Waals surface area contributed by atoms with Crippen LogP contribution in [0.2, 0.25) is 0 Å². The predicted molar refractivity (Wildman–Crippen MR) is 67.9 cm³/mol. The van der Waals surface area contributed by atoms with Crippen molar-refractivity contribution in [3.05, 3.63) is 42.2 Å². The fourth-order valence-corrected chi connectivity index (χ4v) is 1.90. The zero-order valence-electron chi connectivity index (χ0n) is 10.7. The van der Waals surface area contributed by atoms with E-state index in [0.29, 0.717) is 5.56 Å². The molecule has 3 nitrogen and oxygen atoms in total. The van der Waals surface area contributed by atoms with Crippen LogP contribution in [0.25, 0.3) is 11.1 Å². The van der Waals surface area contributed by atoms with E-state index in [1.54, 1.807) is 0 Å². The van der Waals surface area contributed by atoms with Gasteiger partial charge in [-0.05, 0) is 19.4 Å². The number of nitrogens with zero attached hydrogens (tertiary/aromatic N) is 2. The summed E-state index contributed by atoms with van der Waals surface area (Å²) in [6, 6.07) is 7.61. The molecule has 100 valence electrons. The molecular formula is C14H14F2N2O. The Morgan fingerprint density at radius 3 is 2.47 bits per heavy atom. The summed E-state index contributed by atoms with van der Waals surface area (Å²) in [4.78, 5) is 10.5. The molecule has 0 atom stereocenters. The summed E-state index contributed by atoms with van der Waals surface area (Å²) in [6.07, 6.45) is 1.49. The van der Waals surface area contributed by atoms with Crippen molar-refractivity contribution in [3.8, 4) is 11.1 Å². The summed E-state index contributed by atoms with van der Waals surface area (Å²) in [5.74, 6) is 0. The standard InChI is InChI=1S/C14H14F2N2O/c1-14(2,16)13-11(10-6-4-3-5-7-10)8-18(17-13)9-12(15)19/h3-8H,9H2,1-2H3. The Bertz CT molecular complexity index is 585. The van der Waals surface area contributed by atoms with Crippen LogP contribution >= 0.6 is 0 Å². The summed E-state index contributed by atoms with van der Waals surface area (Å²) in [6.45, 7) is 2.25. The number of aromatic nitrogens is 2. The van der Waals surface area contributed by atoms with Gasteiger partial charge in [-0.2, -0.15) is 9.49 Å². The molecule has 0 aliphatic carbocycles. The molecule has 2 aromatic rings. The van der Waals surface area contributed by atoms with E-state index in [2.05, 4.69) is 5.10 Å². The van der Waals surface area contributed by atoms with Gasteiger partial charge in [0.2, 0.25) is 0 Å². The van der Waals surface area contributed by atoms with Crippen molar-refractivity contribution < 1.29 is 13.6 Å². The minimum Gasteiger partial charge on any atom is -0.261 e. The van der Waals surface area contributed by atoms with E-state index in [-0.39, 0.29) is 5.69 Å². The van der Waals surface area contributed by atoms with E-state index < -0.39 is 18.3 Å². The summed E-state index contributed by atoms with van der Waals surface area (Å²) in [5.41, 5.74) is -0.134. The molecule has 1 aromatic heterocycles. The van der Waals surface area contributed by atoms with Crippen molar-refractivity contribution in [1.82, 2.24) is 9.78 Å². The number of hydrogen-bond acceptors (Lipinski definition) is 2. The van der Waals surface area contributed by atoms with Crippen molar-refractivity contribution in [2.75, 3.05) is 0 Å². The first-order valence-corrected chi connectivity index (χ1v) is 5.88. The molecule has 5 heteroatoms. The van der Waals surface area contributed by atoms with Crippen LogP contribution in [0, 0.1) is 0 Å². The van der Waals surface area contributed by atoms with E-state index in [4.69, 9.17) is 0 Å². The molecule has 1 heterocycles. The molecule has 0 N–H and O–H groups in total. The minimum absolute atomic E-state index is 0.194.